The summed E-state index contributed by atoms with van der Waals surface area (Å²) in [6.07, 6.45) is -29.1. The Morgan fingerprint density at radius 3 is 1.73 bits per heavy atom. The normalized spacial score (nSPS) is 48.4. The highest BCUT2D eigenvalue weighted by molar-refractivity contribution is 5.88. The highest BCUT2D eigenvalue weighted by Crippen LogP contribution is 2.76. The third kappa shape index (κ3) is 12.3. The second-order valence-corrected chi connectivity index (χ2v) is 29.4. The van der Waals surface area contributed by atoms with E-state index in [0.29, 0.717) is 32.1 Å². The van der Waals surface area contributed by atoms with Gasteiger partial charge in [-0.3, -0.25) is 4.79 Å². The number of fused-ring (bicyclic) bond motifs is 7. The van der Waals surface area contributed by atoms with Crippen molar-refractivity contribution in [3.05, 3.63) is 34.9 Å². The van der Waals surface area contributed by atoms with Crippen molar-refractivity contribution in [3.63, 3.8) is 0 Å². The van der Waals surface area contributed by atoms with Crippen LogP contribution in [0.25, 0.3) is 0 Å². The van der Waals surface area contributed by atoms with Crippen molar-refractivity contribution in [1.29, 1.82) is 0 Å². The summed E-state index contributed by atoms with van der Waals surface area (Å²) in [5.41, 5.74) is -3.54. The molecule has 92 heavy (non-hydrogen) atoms. The van der Waals surface area contributed by atoms with Crippen molar-refractivity contribution in [2.24, 2.45) is 50.2 Å². The van der Waals surface area contributed by atoms with Crippen molar-refractivity contribution in [3.8, 4) is 0 Å². The molecule has 30 atom stereocenters. The number of allylic oxidation sites excluding steroid dienone is 4. The average molecular weight is 1310 g/mol. The minimum absolute atomic E-state index is 0.0439. The standard InChI is InChI=1S/C65H100O27/c1-14-27(3)54(80)87-46-29(5)83-58(45(76)48(46)88-55(81)28(4)15-2)92-52-51(77)65(26-82-30(6)68)32(22-60(52,7)8)31-16-17-36-62(11)20-19-38(61(9,10)35(62)18-21-63(36,12)64(31,13)23-37(65)69)86-59-50(91-57-43(74)41(72)39(70)33(24-66)84-57)47(44(75)49(90-59)53(78)79)89-56-42(73)40(71)34(25-67)85-56/h14-16,29,32-52,56-59,66-67,69-77H,17-26H2,1-13H3,(H,78,79)/b27-14-,28-15-/t29?,32?,33?,34?,35?,36?,37-,38+,39?,40?,41?,42?,43?,44?,45?,46?,47?,48?,49?,50?,51+,52+,56?,57?,58?,59?,62+,63-,64-,65+/m1/s1. The lowest BCUT2D eigenvalue weighted by atomic mass is 9.33. The maximum atomic E-state index is 13.4. The summed E-state index contributed by atoms with van der Waals surface area (Å²) in [4.78, 5) is 52.4. The van der Waals surface area contributed by atoms with Crippen molar-refractivity contribution < 1.29 is 133 Å². The molecule has 4 aliphatic heterocycles. The highest BCUT2D eigenvalue weighted by atomic mass is 16.8. The average Bonchev–Trinajstić information content (AvgIpc) is 0.723. The fraction of sp³-hybridized carbons (Fsp3) is 0.846. The zero-order valence-electron chi connectivity index (χ0n) is 54.8. The molecule has 0 radical (unpaired) electrons. The number of aliphatic hydroxyl groups excluding tert-OH is 11. The number of carbonyl (C=O) groups excluding carboxylic acids is 3. The van der Waals surface area contributed by atoms with Crippen LogP contribution in [0, 0.1) is 50.2 Å². The van der Waals surface area contributed by atoms with Crippen molar-refractivity contribution in [1.82, 2.24) is 0 Å². The van der Waals surface area contributed by atoms with Gasteiger partial charge in [0.2, 0.25) is 0 Å². The fourth-order valence-electron chi connectivity index (χ4n) is 17.8. The van der Waals surface area contributed by atoms with Crippen LogP contribution >= 0.6 is 0 Å². The monoisotopic (exact) mass is 1310 g/mol. The molecule has 0 bridgehead atoms. The maximum absolute atomic E-state index is 13.4. The zero-order valence-corrected chi connectivity index (χ0v) is 54.8. The second kappa shape index (κ2) is 27.0. The topological polar surface area (TPSA) is 413 Å². The van der Waals surface area contributed by atoms with E-state index in [0.717, 1.165) is 5.57 Å². The first-order valence-electron chi connectivity index (χ1n) is 32.3. The summed E-state index contributed by atoms with van der Waals surface area (Å²) in [6, 6.07) is 0. The van der Waals surface area contributed by atoms with E-state index < -0.39 is 223 Å². The molecule has 27 heteroatoms. The number of ether oxygens (including phenoxy) is 11. The van der Waals surface area contributed by atoms with Gasteiger partial charge in [-0.15, -0.1) is 0 Å². The van der Waals surface area contributed by atoms with Crippen LogP contribution in [0.4, 0.5) is 0 Å². The number of rotatable bonds is 17. The van der Waals surface area contributed by atoms with Gasteiger partial charge in [0.1, 0.15) is 73.8 Å². The van der Waals surface area contributed by atoms with Gasteiger partial charge in [-0.05, 0) is 124 Å². The van der Waals surface area contributed by atoms with Crippen LogP contribution in [-0.2, 0) is 71.3 Å². The molecule has 0 aromatic carbocycles. The van der Waals surface area contributed by atoms with Gasteiger partial charge < -0.3 is 113 Å². The highest BCUT2D eigenvalue weighted by Gasteiger charge is 2.74. The van der Waals surface area contributed by atoms with E-state index in [-0.39, 0.29) is 35.8 Å². The summed E-state index contributed by atoms with van der Waals surface area (Å²) in [5.74, 6) is -4.56. The molecule has 522 valence electrons. The predicted molar refractivity (Wildman–Crippen MR) is 316 cm³/mol. The molecular formula is C65H100O27. The number of hydrogen-bond acceptors (Lipinski definition) is 26. The molecule has 22 unspecified atom stereocenters. The molecule has 27 nitrogen and oxygen atoms in total. The van der Waals surface area contributed by atoms with E-state index >= 15 is 0 Å². The van der Waals surface area contributed by atoms with E-state index in [4.69, 9.17) is 52.1 Å². The Balaban J connectivity index is 1.01. The molecule has 5 aliphatic carbocycles. The second-order valence-electron chi connectivity index (χ2n) is 29.4. The number of carbonyl (C=O) groups is 4. The van der Waals surface area contributed by atoms with Crippen LogP contribution in [0.5, 0.6) is 0 Å². The summed E-state index contributed by atoms with van der Waals surface area (Å²) < 4.78 is 67.2. The summed E-state index contributed by atoms with van der Waals surface area (Å²) in [7, 11) is 0. The maximum Gasteiger partial charge on any atom is 0.335 e. The van der Waals surface area contributed by atoms with Crippen LogP contribution in [0.2, 0.25) is 0 Å². The van der Waals surface area contributed by atoms with E-state index in [9.17, 15) is 80.5 Å². The van der Waals surface area contributed by atoms with Gasteiger partial charge >= 0.3 is 23.9 Å². The number of carboxylic acids is 1. The first-order chi connectivity index (χ1) is 42.9. The van der Waals surface area contributed by atoms with Crippen LogP contribution < -0.4 is 0 Å². The van der Waals surface area contributed by atoms with Crippen molar-refractivity contribution in [2.45, 2.75) is 276 Å². The smallest absolute Gasteiger partial charge is 0.335 e. The SMILES string of the molecule is C/C=C(/C)C(=O)OC1C(C)OC(O[C@H]2[C@H](O)[C@@]3(COC(C)=O)C(CC2(C)C)C2=CCC4[C@@]5(C)CC[C@H](OC6OC(C(=O)O)C(O)C(OC7OC(CO)C(O)C7O)C6OC6OC(CO)C(O)C(O)C6O)C(C)(C)C5CC[C@@]4(C)[C@]2(C)C[C@H]3O)C(O)C1OC(=O)/C(C)=C\C. The quantitative estimate of drug-likeness (QED) is 0.0314. The Morgan fingerprint density at radius 2 is 1.16 bits per heavy atom. The van der Waals surface area contributed by atoms with E-state index in [1.54, 1.807) is 33.8 Å². The predicted octanol–water partition coefficient (Wildman–Crippen LogP) is 0.715. The fourth-order valence-corrected chi connectivity index (χ4v) is 17.8. The van der Waals surface area contributed by atoms with Crippen LogP contribution in [-0.4, -0.2) is 246 Å². The Morgan fingerprint density at radius 1 is 0.609 bits per heavy atom. The van der Waals surface area contributed by atoms with E-state index in [1.165, 1.54) is 19.9 Å². The molecule has 9 aliphatic rings. The lowest BCUT2D eigenvalue weighted by Crippen LogP contribution is -2.72. The Kier molecular flexibility index (Phi) is 21.3. The molecule has 4 saturated heterocycles. The van der Waals surface area contributed by atoms with Gasteiger partial charge in [0.15, 0.2) is 43.5 Å². The third-order valence-corrected chi connectivity index (χ3v) is 23.6. The Bertz CT molecular complexity index is 2790. The zero-order chi connectivity index (χ0) is 68.0. The molecular weight excluding hydrogens is 1210 g/mol. The molecule has 0 aromatic heterocycles. The van der Waals surface area contributed by atoms with Gasteiger partial charge in [-0.25, -0.2) is 14.4 Å². The van der Waals surface area contributed by atoms with Crippen molar-refractivity contribution >= 4 is 23.9 Å². The Labute approximate surface area is 535 Å². The van der Waals surface area contributed by atoms with Crippen molar-refractivity contribution in [2.75, 3.05) is 19.8 Å². The summed E-state index contributed by atoms with van der Waals surface area (Å²) >= 11 is 0. The summed E-state index contributed by atoms with van der Waals surface area (Å²) in [6.45, 7) is 21.8. The number of esters is 3. The van der Waals surface area contributed by atoms with Gasteiger partial charge in [-0.1, -0.05) is 72.3 Å². The first-order valence-corrected chi connectivity index (χ1v) is 32.3. The molecule has 0 amide bonds. The number of aliphatic carboxylic acids is 1. The van der Waals surface area contributed by atoms with Gasteiger partial charge in [-0.2, -0.15) is 0 Å². The molecule has 9 rings (SSSR count). The number of aliphatic hydroxyl groups is 11. The van der Waals surface area contributed by atoms with Crippen LogP contribution in [0.1, 0.15) is 135 Å². The van der Waals surface area contributed by atoms with Gasteiger partial charge in [0.25, 0.3) is 0 Å². The lowest BCUT2D eigenvalue weighted by molar-refractivity contribution is -0.386. The van der Waals surface area contributed by atoms with E-state index in [2.05, 4.69) is 26.8 Å². The molecule has 12 N–H and O–H groups in total. The Hall–Kier alpha value is -3.66. The molecule has 0 aromatic rings. The minimum atomic E-state index is -2.13. The molecule has 0 spiro atoms. The minimum Gasteiger partial charge on any atom is -0.479 e. The van der Waals surface area contributed by atoms with Crippen LogP contribution in [0.15, 0.2) is 34.9 Å². The molecule has 4 heterocycles. The number of hydrogen-bond donors (Lipinski definition) is 12. The first kappa shape index (κ1) is 72.6. The molecule has 4 saturated carbocycles. The lowest BCUT2D eigenvalue weighted by Gasteiger charge is -2.72. The number of carboxylic acid groups (broad SMARTS) is 1. The largest absolute Gasteiger partial charge is 0.479 e. The van der Waals surface area contributed by atoms with Crippen LogP contribution in [0.3, 0.4) is 0 Å². The van der Waals surface area contributed by atoms with Gasteiger partial charge in [0.05, 0.1) is 49.1 Å². The third-order valence-electron chi connectivity index (χ3n) is 23.6. The van der Waals surface area contributed by atoms with E-state index in [1.807, 2.05) is 27.7 Å². The van der Waals surface area contributed by atoms with Gasteiger partial charge in [0, 0.05) is 18.1 Å². The molecule has 8 fully saturated rings. The summed E-state index contributed by atoms with van der Waals surface area (Å²) in [5, 5.41) is 135.